The van der Waals surface area contributed by atoms with Crippen LogP contribution in [-0.4, -0.2) is 49.6 Å². The number of benzene rings is 1. The second-order valence-corrected chi connectivity index (χ2v) is 5.21. The molecule has 1 aromatic carbocycles. The fraction of sp³-hybridized carbons (Fsp3) is 0.533. The molecule has 0 N–H and O–H groups in total. The van der Waals surface area contributed by atoms with Gasteiger partial charge in [-0.2, -0.15) is 5.26 Å². The zero-order valence-electron chi connectivity index (χ0n) is 11.9. The van der Waals surface area contributed by atoms with Crippen molar-refractivity contribution >= 4 is 0 Å². The van der Waals surface area contributed by atoms with Crippen LogP contribution in [0, 0.1) is 11.3 Å². The summed E-state index contributed by atoms with van der Waals surface area (Å²) in [6, 6.07) is 8.57. The first-order valence-corrected chi connectivity index (χ1v) is 6.63. The Hall–Kier alpha value is -1.57. The van der Waals surface area contributed by atoms with Crippen LogP contribution >= 0.6 is 0 Å². The lowest BCUT2D eigenvalue weighted by atomic mass is 10.1. The number of hydrogen-bond donors (Lipinski definition) is 0. The van der Waals surface area contributed by atoms with E-state index in [1.165, 1.54) is 5.56 Å². The second kappa shape index (κ2) is 6.05. The maximum Gasteiger partial charge on any atom is 0.136 e. The molecule has 2 rings (SSSR count). The van der Waals surface area contributed by atoms with Gasteiger partial charge in [-0.3, -0.25) is 4.90 Å². The van der Waals surface area contributed by atoms with Crippen LogP contribution in [-0.2, 0) is 6.54 Å². The molecule has 4 heteroatoms. The summed E-state index contributed by atoms with van der Waals surface area (Å²) < 4.78 is 5.25. The summed E-state index contributed by atoms with van der Waals surface area (Å²) in [4.78, 5) is 4.83. The molecule has 1 aromatic rings. The number of hydrogen-bond acceptors (Lipinski definition) is 4. The van der Waals surface area contributed by atoms with Crippen molar-refractivity contribution in [3.05, 3.63) is 29.3 Å². The predicted octanol–water partition coefficient (Wildman–Crippen LogP) is 1.70. The van der Waals surface area contributed by atoms with Crippen LogP contribution in [0.3, 0.4) is 0 Å². The number of methoxy groups -OCH3 is 1. The van der Waals surface area contributed by atoms with Gasteiger partial charge >= 0.3 is 0 Å². The molecule has 1 atom stereocenters. The lowest BCUT2D eigenvalue weighted by Crippen LogP contribution is -2.49. The first kappa shape index (κ1) is 13.9. The minimum atomic E-state index is 0.592. The third kappa shape index (κ3) is 3.25. The fourth-order valence-electron chi connectivity index (χ4n) is 2.45. The van der Waals surface area contributed by atoms with Gasteiger partial charge in [-0.1, -0.05) is 6.07 Å². The van der Waals surface area contributed by atoms with Gasteiger partial charge in [0.1, 0.15) is 11.8 Å². The van der Waals surface area contributed by atoms with Gasteiger partial charge in [-0.05, 0) is 31.7 Å². The van der Waals surface area contributed by atoms with Crippen LogP contribution in [0.1, 0.15) is 18.1 Å². The Labute approximate surface area is 115 Å². The highest BCUT2D eigenvalue weighted by Gasteiger charge is 2.20. The topological polar surface area (TPSA) is 39.5 Å². The molecule has 0 bridgehead atoms. The molecule has 4 nitrogen and oxygen atoms in total. The van der Waals surface area contributed by atoms with Gasteiger partial charge in [0.2, 0.25) is 0 Å². The summed E-state index contributed by atoms with van der Waals surface area (Å²) in [5, 5.41) is 8.98. The summed E-state index contributed by atoms with van der Waals surface area (Å²) in [5.74, 6) is 0.669. The Morgan fingerprint density at radius 1 is 1.42 bits per heavy atom. The Morgan fingerprint density at radius 3 is 2.84 bits per heavy atom. The van der Waals surface area contributed by atoms with Gasteiger partial charge in [0.15, 0.2) is 0 Å². The summed E-state index contributed by atoms with van der Waals surface area (Å²) in [7, 11) is 3.78. The average Bonchev–Trinajstić information content (AvgIpc) is 2.43. The van der Waals surface area contributed by atoms with E-state index in [1.54, 1.807) is 7.11 Å². The van der Waals surface area contributed by atoms with Crippen molar-refractivity contribution < 1.29 is 4.74 Å². The average molecular weight is 259 g/mol. The first-order valence-electron chi connectivity index (χ1n) is 6.63. The van der Waals surface area contributed by atoms with E-state index in [-0.39, 0.29) is 0 Å². The molecule has 102 valence electrons. The van der Waals surface area contributed by atoms with Crippen molar-refractivity contribution in [3.63, 3.8) is 0 Å². The first-order chi connectivity index (χ1) is 9.13. The molecule has 0 aromatic heterocycles. The molecule has 19 heavy (non-hydrogen) atoms. The number of rotatable bonds is 3. The summed E-state index contributed by atoms with van der Waals surface area (Å²) in [5.41, 5.74) is 1.80. The third-order valence-electron chi connectivity index (χ3n) is 3.84. The van der Waals surface area contributed by atoms with Gasteiger partial charge in [0.25, 0.3) is 0 Å². The third-order valence-corrected chi connectivity index (χ3v) is 3.84. The van der Waals surface area contributed by atoms with E-state index in [0.29, 0.717) is 17.4 Å². The fourth-order valence-corrected chi connectivity index (χ4v) is 2.45. The van der Waals surface area contributed by atoms with Crippen molar-refractivity contribution in [2.24, 2.45) is 0 Å². The molecule has 0 spiro atoms. The van der Waals surface area contributed by atoms with Gasteiger partial charge in [0, 0.05) is 32.2 Å². The summed E-state index contributed by atoms with van der Waals surface area (Å²) >= 11 is 0. The lowest BCUT2D eigenvalue weighted by Gasteiger charge is -2.37. The molecule has 1 unspecified atom stereocenters. The van der Waals surface area contributed by atoms with Crippen LogP contribution in [0.2, 0.25) is 0 Å². The zero-order chi connectivity index (χ0) is 13.8. The van der Waals surface area contributed by atoms with E-state index in [2.05, 4.69) is 29.8 Å². The van der Waals surface area contributed by atoms with E-state index in [0.717, 1.165) is 26.2 Å². The monoisotopic (exact) mass is 259 g/mol. The molecular formula is C15H21N3O. The number of ether oxygens (including phenoxy) is 1. The number of piperazine rings is 1. The Morgan fingerprint density at radius 2 is 2.21 bits per heavy atom. The van der Waals surface area contributed by atoms with Gasteiger partial charge in [-0.15, -0.1) is 0 Å². The molecule has 1 fully saturated rings. The smallest absolute Gasteiger partial charge is 0.136 e. The SMILES string of the molecule is COc1cc(CN2CCN(C)C(C)C2)ccc1C#N. The molecule has 1 aliphatic heterocycles. The molecule has 0 radical (unpaired) electrons. The van der Waals surface area contributed by atoms with Crippen molar-refractivity contribution in [3.8, 4) is 11.8 Å². The number of likely N-dealkylation sites (N-methyl/N-ethyl adjacent to an activating group) is 1. The van der Waals surface area contributed by atoms with Crippen molar-refractivity contribution in [2.45, 2.75) is 19.5 Å². The van der Waals surface area contributed by atoms with Crippen LogP contribution in [0.5, 0.6) is 5.75 Å². The number of nitrogens with zero attached hydrogens (tertiary/aromatic N) is 3. The molecule has 0 aliphatic carbocycles. The minimum absolute atomic E-state index is 0.592. The highest BCUT2D eigenvalue weighted by molar-refractivity contribution is 5.45. The van der Waals surface area contributed by atoms with Crippen molar-refractivity contribution in [1.82, 2.24) is 9.80 Å². The van der Waals surface area contributed by atoms with Crippen molar-refractivity contribution in [2.75, 3.05) is 33.8 Å². The molecule has 0 amide bonds. The Kier molecular flexibility index (Phi) is 4.41. The van der Waals surface area contributed by atoms with E-state index in [4.69, 9.17) is 10.00 Å². The lowest BCUT2D eigenvalue weighted by molar-refractivity contribution is 0.0999. The predicted molar refractivity (Wildman–Crippen MR) is 75.1 cm³/mol. The van der Waals surface area contributed by atoms with Crippen LogP contribution in [0.25, 0.3) is 0 Å². The highest BCUT2D eigenvalue weighted by Crippen LogP contribution is 2.21. The molecule has 1 saturated heterocycles. The quantitative estimate of drug-likeness (QED) is 0.828. The van der Waals surface area contributed by atoms with Crippen LogP contribution in [0.15, 0.2) is 18.2 Å². The van der Waals surface area contributed by atoms with Crippen molar-refractivity contribution in [1.29, 1.82) is 5.26 Å². The van der Waals surface area contributed by atoms with Crippen LogP contribution < -0.4 is 4.74 Å². The summed E-state index contributed by atoms with van der Waals surface area (Å²) in [6.45, 7) is 6.45. The van der Waals surface area contributed by atoms with E-state index in [1.807, 2.05) is 18.2 Å². The maximum absolute atomic E-state index is 8.98. The van der Waals surface area contributed by atoms with Crippen LogP contribution in [0.4, 0.5) is 0 Å². The summed E-state index contributed by atoms with van der Waals surface area (Å²) in [6.07, 6.45) is 0. The number of nitriles is 1. The molecule has 1 aliphatic rings. The Balaban J connectivity index is 2.06. The standard InChI is InChI=1S/C15H21N3O/c1-12-10-18(7-6-17(12)2)11-13-4-5-14(9-16)15(8-13)19-3/h4-5,8,12H,6-7,10-11H2,1-3H3. The minimum Gasteiger partial charge on any atom is -0.495 e. The second-order valence-electron chi connectivity index (χ2n) is 5.21. The van der Waals surface area contributed by atoms with E-state index >= 15 is 0 Å². The molecule has 0 saturated carbocycles. The van der Waals surface area contributed by atoms with E-state index < -0.39 is 0 Å². The van der Waals surface area contributed by atoms with E-state index in [9.17, 15) is 0 Å². The normalized spacial score (nSPS) is 21.1. The van der Waals surface area contributed by atoms with Gasteiger partial charge < -0.3 is 9.64 Å². The zero-order valence-corrected chi connectivity index (χ0v) is 11.9. The largest absolute Gasteiger partial charge is 0.495 e. The van der Waals surface area contributed by atoms with Gasteiger partial charge in [-0.25, -0.2) is 0 Å². The molecular weight excluding hydrogens is 238 g/mol. The maximum atomic E-state index is 8.98. The van der Waals surface area contributed by atoms with Gasteiger partial charge in [0.05, 0.1) is 12.7 Å². The highest BCUT2D eigenvalue weighted by atomic mass is 16.5. The molecule has 1 heterocycles. The Bertz CT molecular complexity index is 481.